The molecule has 0 fully saturated rings. The molecule has 0 aliphatic rings. The molecule has 246 valence electrons. The van der Waals surface area contributed by atoms with Gasteiger partial charge in [-0.3, -0.25) is 19.2 Å². The minimum absolute atomic E-state index is 0.0267. The van der Waals surface area contributed by atoms with Crippen LogP contribution >= 0.6 is 0 Å². The Kier molecular flexibility index (Phi) is 30.6. The van der Waals surface area contributed by atoms with Crippen LogP contribution in [0.5, 0.6) is 0 Å². The number of hydrogen-bond donors (Lipinski definition) is 2. The second-order valence-corrected chi connectivity index (χ2v) is 10.9. The molecule has 1 amide bonds. The van der Waals surface area contributed by atoms with Gasteiger partial charge < -0.3 is 29.4 Å². The fraction of sp³-hybridized carbons (Fsp3) is 0.875. The third-order valence-corrected chi connectivity index (χ3v) is 6.69. The molecule has 2 N–H and O–H groups in total. The first-order valence-electron chi connectivity index (χ1n) is 16.2. The van der Waals surface area contributed by atoms with E-state index >= 15 is 0 Å². The summed E-state index contributed by atoms with van der Waals surface area (Å²) >= 11 is 0. The van der Waals surface area contributed by atoms with E-state index < -0.39 is 5.97 Å². The van der Waals surface area contributed by atoms with Gasteiger partial charge in [-0.1, -0.05) is 77.0 Å². The molecule has 0 saturated heterocycles. The monoisotopic (exact) mass is 601 g/mol. The highest BCUT2D eigenvalue weighted by Gasteiger charge is 2.04. The number of rotatable bonds is 34. The van der Waals surface area contributed by atoms with Gasteiger partial charge in [0.05, 0.1) is 33.0 Å². The fourth-order valence-electron chi connectivity index (χ4n) is 4.35. The highest BCUT2D eigenvalue weighted by atomic mass is 16.5. The van der Waals surface area contributed by atoms with Gasteiger partial charge in [0.2, 0.25) is 5.91 Å². The van der Waals surface area contributed by atoms with Gasteiger partial charge in [-0.05, 0) is 26.2 Å². The summed E-state index contributed by atoms with van der Waals surface area (Å²) in [6, 6.07) is 0. The number of carbonyl (C=O) groups is 4. The van der Waals surface area contributed by atoms with Crippen molar-refractivity contribution in [1.82, 2.24) is 5.32 Å². The molecule has 0 aromatic heterocycles. The standard InChI is InChI=1S/C32H59NO9/c1-29(34)27-41-25-24-40-22-20-33-31(36)28-42-26-23-39-21-16-18-30(35)17-14-12-10-8-6-4-2-3-5-7-9-11-13-15-19-32(37)38/h2-28H2,1H3,(H,33,36)(H,37,38). The van der Waals surface area contributed by atoms with E-state index in [9.17, 15) is 19.2 Å². The molecule has 0 aliphatic carbocycles. The smallest absolute Gasteiger partial charge is 0.303 e. The number of carbonyl (C=O) groups excluding carboxylic acids is 3. The molecular weight excluding hydrogens is 542 g/mol. The molecule has 0 aromatic rings. The number of ether oxygens (including phenoxy) is 4. The summed E-state index contributed by atoms with van der Waals surface area (Å²) in [4.78, 5) is 44.9. The Balaban J connectivity index is 3.26. The molecular formula is C32H59NO9. The maximum absolute atomic E-state index is 12.0. The van der Waals surface area contributed by atoms with Crippen LogP contribution in [0.3, 0.4) is 0 Å². The molecule has 0 aromatic carbocycles. The largest absolute Gasteiger partial charge is 0.481 e. The third-order valence-electron chi connectivity index (χ3n) is 6.69. The highest BCUT2D eigenvalue weighted by Crippen LogP contribution is 2.14. The number of carboxylic acids is 1. The van der Waals surface area contributed by atoms with E-state index in [1.54, 1.807) is 0 Å². The third kappa shape index (κ3) is 34.3. The van der Waals surface area contributed by atoms with Gasteiger partial charge in [-0.25, -0.2) is 0 Å². The van der Waals surface area contributed by atoms with Crippen molar-refractivity contribution in [2.45, 2.75) is 122 Å². The molecule has 0 bridgehead atoms. The topological polar surface area (TPSA) is 137 Å². The molecule has 42 heavy (non-hydrogen) atoms. The molecule has 0 unspecified atom stereocenters. The summed E-state index contributed by atoms with van der Waals surface area (Å²) in [5.41, 5.74) is 0. The van der Waals surface area contributed by atoms with Crippen LogP contribution in [-0.4, -0.2) is 87.9 Å². The molecule has 0 atom stereocenters. The Bertz CT molecular complexity index is 672. The second-order valence-electron chi connectivity index (χ2n) is 10.9. The SMILES string of the molecule is CC(=O)COCCOCCNC(=O)COCCOCCCC(=O)CCCCCCCCCCCCCCCCC(=O)O. The Hall–Kier alpha value is -1.88. The van der Waals surface area contributed by atoms with Crippen LogP contribution < -0.4 is 5.32 Å². The highest BCUT2D eigenvalue weighted by molar-refractivity contribution is 5.78. The minimum atomic E-state index is -0.686. The summed E-state index contributed by atoms with van der Waals surface area (Å²) in [5, 5.41) is 11.3. The van der Waals surface area contributed by atoms with Crippen LogP contribution in [0.15, 0.2) is 0 Å². The number of amides is 1. The van der Waals surface area contributed by atoms with E-state index in [0.29, 0.717) is 77.7 Å². The Labute approximate surface area is 253 Å². The molecule has 0 spiro atoms. The van der Waals surface area contributed by atoms with Crippen LogP contribution in [0.2, 0.25) is 0 Å². The van der Waals surface area contributed by atoms with Crippen molar-refractivity contribution in [1.29, 1.82) is 0 Å². The number of hydrogen-bond acceptors (Lipinski definition) is 8. The lowest BCUT2D eigenvalue weighted by Gasteiger charge is -2.08. The van der Waals surface area contributed by atoms with Crippen molar-refractivity contribution >= 4 is 23.4 Å². The van der Waals surface area contributed by atoms with Crippen LogP contribution in [0, 0.1) is 0 Å². The molecule has 0 radical (unpaired) electrons. The van der Waals surface area contributed by atoms with Crippen molar-refractivity contribution in [3.8, 4) is 0 Å². The maximum Gasteiger partial charge on any atom is 0.303 e. The van der Waals surface area contributed by atoms with Gasteiger partial charge >= 0.3 is 5.97 Å². The molecule has 0 saturated carbocycles. The Morgan fingerprint density at radius 2 is 0.929 bits per heavy atom. The van der Waals surface area contributed by atoms with Crippen LogP contribution in [-0.2, 0) is 38.1 Å². The van der Waals surface area contributed by atoms with Gasteiger partial charge in [0.1, 0.15) is 19.0 Å². The van der Waals surface area contributed by atoms with Gasteiger partial charge in [-0.2, -0.15) is 0 Å². The molecule has 0 heterocycles. The van der Waals surface area contributed by atoms with E-state index in [0.717, 1.165) is 32.1 Å². The van der Waals surface area contributed by atoms with Crippen molar-refractivity contribution in [2.75, 3.05) is 59.4 Å². The number of carboxylic acid groups (broad SMARTS) is 1. The van der Waals surface area contributed by atoms with Crippen molar-refractivity contribution in [2.24, 2.45) is 0 Å². The Morgan fingerprint density at radius 3 is 1.45 bits per heavy atom. The van der Waals surface area contributed by atoms with Crippen molar-refractivity contribution in [3.05, 3.63) is 0 Å². The minimum Gasteiger partial charge on any atom is -0.481 e. The first-order valence-corrected chi connectivity index (χ1v) is 16.2. The Morgan fingerprint density at radius 1 is 0.500 bits per heavy atom. The molecule has 10 heteroatoms. The summed E-state index contributed by atoms with van der Waals surface area (Å²) in [6.45, 7) is 4.19. The molecule has 0 rings (SSSR count). The zero-order chi connectivity index (χ0) is 30.9. The first-order chi connectivity index (χ1) is 20.4. The van der Waals surface area contributed by atoms with Gasteiger partial charge in [0.25, 0.3) is 0 Å². The number of Topliss-reactive ketones (excluding diaryl/α,β-unsaturated/α-hetero) is 2. The lowest BCUT2D eigenvalue weighted by Crippen LogP contribution is -2.31. The van der Waals surface area contributed by atoms with E-state index in [4.69, 9.17) is 24.1 Å². The number of unbranched alkanes of at least 4 members (excludes halogenated alkanes) is 13. The van der Waals surface area contributed by atoms with Gasteiger partial charge in [0.15, 0.2) is 5.78 Å². The van der Waals surface area contributed by atoms with Crippen molar-refractivity contribution in [3.63, 3.8) is 0 Å². The van der Waals surface area contributed by atoms with Gasteiger partial charge in [0, 0.05) is 32.4 Å². The average molecular weight is 602 g/mol. The van der Waals surface area contributed by atoms with Crippen LogP contribution in [0.1, 0.15) is 122 Å². The van der Waals surface area contributed by atoms with Gasteiger partial charge in [-0.15, -0.1) is 0 Å². The summed E-state index contributed by atoms with van der Waals surface area (Å²) in [5.74, 6) is -0.626. The lowest BCUT2D eigenvalue weighted by molar-refractivity contribution is -0.137. The quantitative estimate of drug-likeness (QED) is 0.0924. The summed E-state index contributed by atoms with van der Waals surface area (Å²) < 4.78 is 21.1. The van der Waals surface area contributed by atoms with E-state index in [2.05, 4.69) is 5.32 Å². The first kappa shape index (κ1) is 40.1. The number of ketones is 2. The second kappa shape index (κ2) is 32.0. The maximum atomic E-state index is 12.0. The van der Waals surface area contributed by atoms with Crippen LogP contribution in [0.4, 0.5) is 0 Å². The predicted molar refractivity (Wildman–Crippen MR) is 163 cm³/mol. The summed E-state index contributed by atoms with van der Waals surface area (Å²) in [7, 11) is 0. The molecule has 0 aliphatic heterocycles. The fourth-order valence-corrected chi connectivity index (χ4v) is 4.35. The van der Waals surface area contributed by atoms with E-state index in [-0.39, 0.29) is 24.9 Å². The lowest BCUT2D eigenvalue weighted by atomic mass is 10.0. The zero-order valence-corrected chi connectivity index (χ0v) is 26.3. The zero-order valence-electron chi connectivity index (χ0n) is 26.3. The van der Waals surface area contributed by atoms with Crippen LogP contribution in [0.25, 0.3) is 0 Å². The average Bonchev–Trinajstić information content (AvgIpc) is 2.95. The van der Waals surface area contributed by atoms with Crippen molar-refractivity contribution < 1.29 is 43.2 Å². The van der Waals surface area contributed by atoms with E-state index in [1.165, 1.54) is 64.7 Å². The predicted octanol–water partition coefficient (Wildman–Crippen LogP) is 5.43. The van der Waals surface area contributed by atoms with E-state index in [1.807, 2.05) is 0 Å². The normalized spacial score (nSPS) is 11.1. The number of nitrogens with one attached hydrogen (secondary N) is 1. The summed E-state index contributed by atoms with van der Waals surface area (Å²) in [6.07, 6.45) is 18.8. The number of aliphatic carboxylic acids is 1. The molecule has 10 nitrogen and oxygen atoms in total.